The first-order valence-corrected chi connectivity index (χ1v) is 7.40. The summed E-state index contributed by atoms with van der Waals surface area (Å²) in [4.78, 5) is 12.1. The SMILES string of the molecule is COc1cc(/C=N/NC(=O)[C@H]2COc3ccccc3O2)cc(O)c1O. The predicted octanol–water partition coefficient (Wildman–Crippen LogP) is 1.40. The lowest BCUT2D eigenvalue weighted by Gasteiger charge is -2.24. The molecule has 25 heavy (non-hydrogen) atoms. The van der Waals surface area contributed by atoms with E-state index in [1.165, 1.54) is 25.5 Å². The largest absolute Gasteiger partial charge is 0.504 e. The third-order valence-corrected chi connectivity index (χ3v) is 3.49. The number of carbonyl (C=O) groups excluding carboxylic acids is 1. The number of benzene rings is 2. The lowest BCUT2D eigenvalue weighted by molar-refractivity contribution is -0.130. The number of hydrogen-bond donors (Lipinski definition) is 3. The standard InChI is InChI=1S/C17H16N2O6/c1-23-14-7-10(6-11(20)16(14)21)8-18-19-17(22)15-9-24-12-4-2-3-5-13(12)25-15/h2-8,15,20-21H,9H2,1H3,(H,19,22)/b18-8+/t15-/m1/s1. The number of nitrogens with one attached hydrogen (secondary N) is 1. The van der Waals surface area contributed by atoms with Crippen LogP contribution in [0.15, 0.2) is 41.5 Å². The van der Waals surface area contributed by atoms with Crippen molar-refractivity contribution in [3.63, 3.8) is 0 Å². The van der Waals surface area contributed by atoms with E-state index in [1.807, 2.05) is 6.07 Å². The molecular formula is C17H16N2O6. The molecule has 1 aliphatic rings. The van der Waals surface area contributed by atoms with E-state index < -0.39 is 12.0 Å². The van der Waals surface area contributed by atoms with E-state index in [2.05, 4.69) is 10.5 Å². The summed E-state index contributed by atoms with van der Waals surface area (Å²) in [5.41, 5.74) is 2.77. The molecule has 8 heteroatoms. The molecule has 1 heterocycles. The van der Waals surface area contributed by atoms with Gasteiger partial charge in [-0.2, -0.15) is 5.10 Å². The van der Waals surface area contributed by atoms with Crippen LogP contribution < -0.4 is 19.6 Å². The monoisotopic (exact) mass is 344 g/mol. The van der Waals surface area contributed by atoms with Gasteiger partial charge in [0.2, 0.25) is 11.9 Å². The van der Waals surface area contributed by atoms with Gasteiger partial charge in [0.15, 0.2) is 23.0 Å². The van der Waals surface area contributed by atoms with Gasteiger partial charge < -0.3 is 24.4 Å². The van der Waals surface area contributed by atoms with Gasteiger partial charge in [-0.25, -0.2) is 5.43 Å². The highest BCUT2D eigenvalue weighted by atomic mass is 16.6. The Labute approximate surface area is 143 Å². The van der Waals surface area contributed by atoms with Gasteiger partial charge in [0, 0.05) is 5.56 Å². The summed E-state index contributed by atoms with van der Waals surface area (Å²) in [6.45, 7) is 0.0756. The molecule has 0 bridgehead atoms. The second-order valence-electron chi connectivity index (χ2n) is 5.19. The molecule has 8 nitrogen and oxygen atoms in total. The molecule has 0 aliphatic carbocycles. The molecule has 0 fully saturated rings. The summed E-state index contributed by atoms with van der Waals surface area (Å²) in [6.07, 6.45) is 0.479. The summed E-state index contributed by atoms with van der Waals surface area (Å²) in [5.74, 6) is -0.0234. The van der Waals surface area contributed by atoms with Gasteiger partial charge in [-0.05, 0) is 24.3 Å². The molecule has 130 valence electrons. The molecule has 1 amide bonds. The Bertz CT molecular complexity index is 821. The van der Waals surface area contributed by atoms with E-state index in [0.29, 0.717) is 17.1 Å². The predicted molar refractivity (Wildman–Crippen MR) is 88.4 cm³/mol. The number of phenols is 2. The number of amides is 1. The highest BCUT2D eigenvalue weighted by molar-refractivity contribution is 5.86. The van der Waals surface area contributed by atoms with Crippen LogP contribution in [0.5, 0.6) is 28.7 Å². The molecule has 0 saturated carbocycles. The number of methoxy groups -OCH3 is 1. The smallest absolute Gasteiger partial charge is 0.284 e. The lowest BCUT2D eigenvalue weighted by atomic mass is 10.2. The molecule has 1 aliphatic heterocycles. The molecule has 2 aromatic rings. The third kappa shape index (κ3) is 3.57. The second kappa shape index (κ2) is 7.00. The van der Waals surface area contributed by atoms with Crippen LogP contribution >= 0.6 is 0 Å². The van der Waals surface area contributed by atoms with E-state index in [1.54, 1.807) is 18.2 Å². The van der Waals surface area contributed by atoms with Gasteiger partial charge in [0.05, 0.1) is 13.3 Å². The Morgan fingerprint density at radius 3 is 2.84 bits per heavy atom. The summed E-state index contributed by atoms with van der Waals surface area (Å²) >= 11 is 0. The Balaban J connectivity index is 1.63. The molecule has 1 atom stereocenters. The average Bonchev–Trinajstić information content (AvgIpc) is 2.63. The lowest BCUT2D eigenvalue weighted by Crippen LogP contribution is -2.42. The fourth-order valence-electron chi connectivity index (χ4n) is 2.24. The number of ether oxygens (including phenoxy) is 3. The maximum atomic E-state index is 12.1. The number of hydrogen-bond acceptors (Lipinski definition) is 7. The van der Waals surface area contributed by atoms with Crippen LogP contribution in [-0.2, 0) is 4.79 Å². The van der Waals surface area contributed by atoms with Crippen LogP contribution in [0.4, 0.5) is 0 Å². The Morgan fingerprint density at radius 2 is 2.08 bits per heavy atom. The number of aromatic hydroxyl groups is 2. The Kier molecular flexibility index (Phi) is 4.60. The zero-order valence-corrected chi connectivity index (χ0v) is 13.3. The van der Waals surface area contributed by atoms with E-state index in [-0.39, 0.29) is 23.9 Å². The number of hydrazone groups is 1. The number of nitrogens with zero attached hydrogens (tertiary/aromatic N) is 1. The summed E-state index contributed by atoms with van der Waals surface area (Å²) in [6, 6.07) is 9.81. The van der Waals surface area contributed by atoms with Crippen molar-refractivity contribution >= 4 is 12.1 Å². The molecule has 0 saturated heterocycles. The number of para-hydroxylation sites is 2. The third-order valence-electron chi connectivity index (χ3n) is 3.49. The highest BCUT2D eigenvalue weighted by Gasteiger charge is 2.26. The average molecular weight is 344 g/mol. The number of rotatable bonds is 4. The van der Waals surface area contributed by atoms with Gasteiger partial charge in [-0.15, -0.1) is 0 Å². The van der Waals surface area contributed by atoms with Crippen LogP contribution in [0.1, 0.15) is 5.56 Å². The molecule has 3 N–H and O–H groups in total. The second-order valence-corrected chi connectivity index (χ2v) is 5.19. The number of carbonyl (C=O) groups is 1. The first-order chi connectivity index (χ1) is 12.1. The summed E-state index contributed by atoms with van der Waals surface area (Å²) in [7, 11) is 1.36. The van der Waals surface area contributed by atoms with Crippen molar-refractivity contribution in [2.45, 2.75) is 6.10 Å². The summed E-state index contributed by atoms with van der Waals surface area (Å²) in [5, 5.41) is 23.0. The van der Waals surface area contributed by atoms with Gasteiger partial charge in [0.25, 0.3) is 5.91 Å². The quantitative estimate of drug-likeness (QED) is 0.439. The van der Waals surface area contributed by atoms with Crippen molar-refractivity contribution in [3.8, 4) is 28.7 Å². The minimum atomic E-state index is -0.824. The van der Waals surface area contributed by atoms with Crippen LogP contribution in [0.3, 0.4) is 0 Å². The fourth-order valence-corrected chi connectivity index (χ4v) is 2.24. The van der Waals surface area contributed by atoms with Crippen LogP contribution in [0.2, 0.25) is 0 Å². The maximum Gasteiger partial charge on any atom is 0.284 e. The normalized spacial score (nSPS) is 15.8. The van der Waals surface area contributed by atoms with Crippen molar-refractivity contribution in [1.29, 1.82) is 0 Å². The van der Waals surface area contributed by atoms with Gasteiger partial charge in [0.1, 0.15) is 6.61 Å². The van der Waals surface area contributed by atoms with E-state index in [9.17, 15) is 15.0 Å². The van der Waals surface area contributed by atoms with Crippen molar-refractivity contribution in [3.05, 3.63) is 42.0 Å². The van der Waals surface area contributed by atoms with E-state index in [4.69, 9.17) is 14.2 Å². The topological polar surface area (TPSA) is 110 Å². The van der Waals surface area contributed by atoms with E-state index in [0.717, 1.165) is 0 Å². The van der Waals surface area contributed by atoms with Crippen molar-refractivity contribution < 1.29 is 29.2 Å². The zero-order valence-electron chi connectivity index (χ0n) is 13.3. The molecule has 0 aromatic heterocycles. The van der Waals surface area contributed by atoms with Crippen LogP contribution in [0.25, 0.3) is 0 Å². The molecule has 0 radical (unpaired) electrons. The van der Waals surface area contributed by atoms with Crippen molar-refractivity contribution in [2.75, 3.05) is 13.7 Å². The first kappa shape index (κ1) is 16.4. The minimum Gasteiger partial charge on any atom is -0.504 e. The zero-order chi connectivity index (χ0) is 17.8. The summed E-state index contributed by atoms with van der Waals surface area (Å²) < 4.78 is 16.0. The number of fused-ring (bicyclic) bond motifs is 1. The first-order valence-electron chi connectivity index (χ1n) is 7.40. The van der Waals surface area contributed by atoms with Gasteiger partial charge in [-0.1, -0.05) is 12.1 Å². The molecule has 3 rings (SSSR count). The molecule has 0 spiro atoms. The van der Waals surface area contributed by atoms with Crippen LogP contribution in [-0.4, -0.2) is 42.2 Å². The van der Waals surface area contributed by atoms with Crippen molar-refractivity contribution in [2.24, 2.45) is 5.10 Å². The van der Waals surface area contributed by atoms with Crippen LogP contribution in [0, 0.1) is 0 Å². The molecule has 2 aromatic carbocycles. The minimum absolute atomic E-state index is 0.0756. The van der Waals surface area contributed by atoms with E-state index >= 15 is 0 Å². The molecule has 0 unspecified atom stereocenters. The number of phenolic OH excluding ortho intramolecular Hbond substituents is 2. The van der Waals surface area contributed by atoms with Gasteiger partial charge >= 0.3 is 0 Å². The van der Waals surface area contributed by atoms with Crippen molar-refractivity contribution in [1.82, 2.24) is 5.43 Å². The maximum absolute atomic E-state index is 12.1. The fraction of sp³-hybridized carbons (Fsp3) is 0.176. The molecular weight excluding hydrogens is 328 g/mol. The Hall–Kier alpha value is -3.42. The highest BCUT2D eigenvalue weighted by Crippen LogP contribution is 2.35. The Morgan fingerprint density at radius 1 is 1.32 bits per heavy atom. The van der Waals surface area contributed by atoms with Gasteiger partial charge in [-0.3, -0.25) is 4.79 Å².